The van der Waals surface area contributed by atoms with Crippen molar-refractivity contribution in [1.29, 1.82) is 0 Å². The molecule has 0 atom stereocenters. The van der Waals surface area contributed by atoms with Gasteiger partial charge in [0.1, 0.15) is 0 Å². The number of carboxylic acid groups (broad SMARTS) is 1. The fourth-order valence-electron chi connectivity index (χ4n) is 0.244. The summed E-state index contributed by atoms with van der Waals surface area (Å²) in [4.78, 5) is 9.43. The molecule has 0 saturated carbocycles. The highest BCUT2D eigenvalue weighted by atomic mass is 19.4. The van der Waals surface area contributed by atoms with Crippen LogP contribution < -0.4 is 5.11 Å². The second-order valence-electron chi connectivity index (χ2n) is 1.49. The van der Waals surface area contributed by atoms with E-state index in [4.69, 9.17) is 0 Å². The van der Waals surface area contributed by atoms with E-state index in [0.717, 1.165) is 0 Å². The molecule has 0 aromatic heterocycles. The molecule has 0 N–H and O–H groups in total. The van der Waals surface area contributed by atoms with Gasteiger partial charge in [-0.2, -0.15) is 13.2 Å². The van der Waals surface area contributed by atoms with Crippen LogP contribution in [0.2, 0.25) is 0 Å². The molecule has 0 unspecified atom stereocenters. The van der Waals surface area contributed by atoms with E-state index in [1.807, 2.05) is 0 Å². The van der Waals surface area contributed by atoms with Gasteiger partial charge in [-0.05, 0) is 6.42 Å². The van der Waals surface area contributed by atoms with Gasteiger partial charge in [-0.1, -0.05) is 0 Å². The highest BCUT2D eigenvalue weighted by Gasteiger charge is 2.25. The van der Waals surface area contributed by atoms with E-state index in [0.29, 0.717) is 0 Å². The van der Waals surface area contributed by atoms with Crippen LogP contribution in [0, 0.1) is 0 Å². The molecule has 0 saturated heterocycles. The number of aliphatic carboxylic acids is 1. The summed E-state index contributed by atoms with van der Waals surface area (Å²) in [5.74, 6) is -1.67. The van der Waals surface area contributed by atoms with Crippen molar-refractivity contribution in [2.45, 2.75) is 19.0 Å². The summed E-state index contributed by atoms with van der Waals surface area (Å²) in [6.07, 6.45) is -6.65. The zero-order chi connectivity index (χ0) is 7.49. The van der Waals surface area contributed by atoms with Gasteiger partial charge in [-0.15, -0.1) is 0 Å². The molecule has 0 aliphatic heterocycles. The van der Waals surface area contributed by atoms with Gasteiger partial charge in [0.15, 0.2) is 0 Å². The molecular weight excluding hydrogens is 137 g/mol. The molecule has 0 spiro atoms. The monoisotopic (exact) mass is 141 g/mol. The molecule has 0 amide bonds. The molecule has 5 heteroatoms. The highest BCUT2D eigenvalue weighted by Crippen LogP contribution is 2.20. The molecule has 0 aromatic rings. The third-order valence-electron chi connectivity index (χ3n) is 0.613. The molecule has 0 heterocycles. The lowest BCUT2D eigenvalue weighted by Crippen LogP contribution is -2.24. The zero-order valence-electron chi connectivity index (χ0n) is 4.36. The molecule has 0 aliphatic carbocycles. The number of carboxylic acids is 1. The fraction of sp³-hybridized carbons (Fsp3) is 0.750. The quantitative estimate of drug-likeness (QED) is 0.546. The largest absolute Gasteiger partial charge is 0.550 e. The molecule has 9 heavy (non-hydrogen) atoms. The number of carbonyl (C=O) groups excluding carboxylic acids is 1. The summed E-state index contributed by atoms with van der Waals surface area (Å²) in [6.45, 7) is 0. The number of hydrogen-bond acceptors (Lipinski definition) is 2. The molecule has 0 rings (SSSR count). The minimum atomic E-state index is -4.39. The van der Waals surface area contributed by atoms with Crippen molar-refractivity contribution in [3.63, 3.8) is 0 Å². The number of rotatable bonds is 2. The number of hydrogen-bond donors (Lipinski definition) is 0. The SMILES string of the molecule is O=C([O-])CCC(F)(F)F. The van der Waals surface area contributed by atoms with Crippen LogP contribution in [-0.2, 0) is 4.79 Å². The average molecular weight is 141 g/mol. The van der Waals surface area contributed by atoms with Crippen molar-refractivity contribution in [3.05, 3.63) is 0 Å². The molecular formula is C4H4F3O2-. The van der Waals surface area contributed by atoms with Gasteiger partial charge in [-0.25, -0.2) is 0 Å². The lowest BCUT2D eigenvalue weighted by molar-refractivity contribution is -0.307. The van der Waals surface area contributed by atoms with Gasteiger partial charge in [0.05, 0.1) is 0 Å². The highest BCUT2D eigenvalue weighted by molar-refractivity contribution is 5.64. The van der Waals surface area contributed by atoms with Crippen LogP contribution >= 0.6 is 0 Å². The Morgan fingerprint density at radius 2 is 1.89 bits per heavy atom. The maximum atomic E-state index is 11.1. The minimum Gasteiger partial charge on any atom is -0.550 e. The third kappa shape index (κ3) is 7.26. The molecule has 54 valence electrons. The van der Waals surface area contributed by atoms with E-state index in [9.17, 15) is 23.1 Å². The molecule has 0 radical (unpaired) electrons. The number of halogens is 3. The van der Waals surface area contributed by atoms with Crippen molar-refractivity contribution in [1.82, 2.24) is 0 Å². The van der Waals surface area contributed by atoms with Crippen molar-refractivity contribution in [2.24, 2.45) is 0 Å². The van der Waals surface area contributed by atoms with Gasteiger partial charge >= 0.3 is 6.18 Å². The van der Waals surface area contributed by atoms with Crippen molar-refractivity contribution in [2.75, 3.05) is 0 Å². The average Bonchev–Trinajstić information content (AvgIpc) is 1.59. The first-order valence-corrected chi connectivity index (χ1v) is 2.18. The lowest BCUT2D eigenvalue weighted by Gasteiger charge is -2.04. The Kier molecular flexibility index (Phi) is 2.48. The van der Waals surface area contributed by atoms with Gasteiger partial charge in [0, 0.05) is 12.4 Å². The van der Waals surface area contributed by atoms with Crippen LogP contribution in [0.1, 0.15) is 12.8 Å². The maximum Gasteiger partial charge on any atom is 0.389 e. The molecule has 2 nitrogen and oxygen atoms in total. The lowest BCUT2D eigenvalue weighted by atomic mass is 10.3. The summed E-state index contributed by atoms with van der Waals surface area (Å²) in [6, 6.07) is 0. The Bertz CT molecular complexity index is 107. The van der Waals surface area contributed by atoms with E-state index in [1.165, 1.54) is 0 Å². The summed E-state index contributed by atoms with van der Waals surface area (Å²) in [5.41, 5.74) is 0. The number of carbonyl (C=O) groups is 1. The Morgan fingerprint density at radius 3 is 2.00 bits per heavy atom. The summed E-state index contributed by atoms with van der Waals surface area (Å²) < 4.78 is 33.4. The van der Waals surface area contributed by atoms with E-state index in [2.05, 4.69) is 0 Å². The van der Waals surface area contributed by atoms with E-state index in [-0.39, 0.29) is 0 Å². The Balaban J connectivity index is 3.39. The van der Waals surface area contributed by atoms with Crippen LogP contribution in [0.25, 0.3) is 0 Å². The topological polar surface area (TPSA) is 40.1 Å². The predicted molar refractivity (Wildman–Crippen MR) is 20.3 cm³/mol. The maximum absolute atomic E-state index is 11.1. The first kappa shape index (κ1) is 8.26. The third-order valence-corrected chi connectivity index (χ3v) is 0.613. The number of alkyl halides is 3. The smallest absolute Gasteiger partial charge is 0.389 e. The summed E-state index contributed by atoms with van der Waals surface area (Å²) in [7, 11) is 0. The van der Waals surface area contributed by atoms with Crippen LogP contribution in [-0.4, -0.2) is 12.1 Å². The van der Waals surface area contributed by atoms with E-state index < -0.39 is 25.0 Å². The molecule has 0 aliphatic rings. The molecule has 0 bridgehead atoms. The van der Waals surface area contributed by atoms with E-state index in [1.54, 1.807) is 0 Å². The summed E-state index contributed by atoms with van der Waals surface area (Å²) >= 11 is 0. The first-order valence-electron chi connectivity index (χ1n) is 2.18. The van der Waals surface area contributed by atoms with Crippen LogP contribution in [0.4, 0.5) is 13.2 Å². The van der Waals surface area contributed by atoms with Gasteiger partial charge < -0.3 is 9.90 Å². The molecule has 0 fully saturated rings. The van der Waals surface area contributed by atoms with Crippen molar-refractivity contribution >= 4 is 5.97 Å². The van der Waals surface area contributed by atoms with Crippen molar-refractivity contribution in [3.8, 4) is 0 Å². The predicted octanol–water partition coefficient (Wildman–Crippen LogP) is 0.0788. The van der Waals surface area contributed by atoms with Crippen LogP contribution in [0.3, 0.4) is 0 Å². The van der Waals surface area contributed by atoms with Crippen LogP contribution in [0.15, 0.2) is 0 Å². The fourth-order valence-corrected chi connectivity index (χ4v) is 0.244. The zero-order valence-corrected chi connectivity index (χ0v) is 4.36. The van der Waals surface area contributed by atoms with Crippen LogP contribution in [0.5, 0.6) is 0 Å². The normalized spacial score (nSPS) is 11.4. The molecule has 0 aromatic carbocycles. The summed E-state index contributed by atoms with van der Waals surface area (Å²) in [5, 5.41) is 9.43. The minimum absolute atomic E-state index is 0.955. The van der Waals surface area contributed by atoms with Crippen molar-refractivity contribution < 1.29 is 23.1 Å². The second kappa shape index (κ2) is 2.70. The Morgan fingerprint density at radius 1 is 1.44 bits per heavy atom. The van der Waals surface area contributed by atoms with E-state index >= 15 is 0 Å². The Labute approximate surface area is 49.3 Å². The second-order valence-corrected chi connectivity index (χ2v) is 1.49. The van der Waals surface area contributed by atoms with Gasteiger partial charge in [-0.3, -0.25) is 0 Å². The first-order chi connectivity index (χ1) is 3.92. The van der Waals surface area contributed by atoms with Gasteiger partial charge in [0.2, 0.25) is 0 Å². The Hall–Kier alpha value is -0.740. The van der Waals surface area contributed by atoms with Gasteiger partial charge in [0.25, 0.3) is 0 Å². The standard InChI is InChI=1S/C4H5F3O2/c5-4(6,7)2-1-3(8)9/h1-2H2,(H,8,9)/p-1.